The van der Waals surface area contributed by atoms with Crippen molar-refractivity contribution in [3.8, 4) is 11.4 Å². The average Bonchev–Trinajstić information content (AvgIpc) is 3.22. The summed E-state index contributed by atoms with van der Waals surface area (Å²) in [5, 5.41) is 12.0. The molecule has 0 aliphatic rings. The Balaban J connectivity index is 1.50. The van der Waals surface area contributed by atoms with Crippen LogP contribution in [0.1, 0.15) is 16.2 Å². The van der Waals surface area contributed by atoms with Crippen LogP contribution in [-0.2, 0) is 6.42 Å². The number of ether oxygens (including phenoxy) is 1. The lowest BCUT2D eigenvalue weighted by atomic mass is 10.2. The van der Waals surface area contributed by atoms with E-state index in [1.165, 1.54) is 22.4 Å². The first-order chi connectivity index (χ1) is 15.1. The number of amides is 1. The second-order valence-electron chi connectivity index (χ2n) is 6.55. The van der Waals surface area contributed by atoms with Crippen molar-refractivity contribution < 1.29 is 9.53 Å². The number of nitrogens with one attached hydrogen (secondary N) is 1. The molecule has 9 nitrogen and oxygen atoms in total. The van der Waals surface area contributed by atoms with Gasteiger partial charge in [0.05, 0.1) is 7.11 Å². The van der Waals surface area contributed by atoms with Crippen molar-refractivity contribution in [2.75, 3.05) is 19.9 Å². The SMILES string of the molecule is COc1ccc(-n2c(CCNC(=O)c3cnc4ccccn4c3=O)nnc2SC)cc1. The third-order valence-corrected chi connectivity index (χ3v) is 5.34. The number of hydrogen-bond donors (Lipinski definition) is 1. The largest absolute Gasteiger partial charge is 0.497 e. The first-order valence-corrected chi connectivity index (χ1v) is 10.7. The number of thioether (sulfide) groups is 1. The van der Waals surface area contributed by atoms with Gasteiger partial charge in [0.15, 0.2) is 5.16 Å². The van der Waals surface area contributed by atoms with Crippen LogP contribution in [0.5, 0.6) is 5.75 Å². The van der Waals surface area contributed by atoms with E-state index in [4.69, 9.17) is 4.74 Å². The van der Waals surface area contributed by atoms with E-state index in [9.17, 15) is 9.59 Å². The van der Waals surface area contributed by atoms with E-state index in [1.807, 2.05) is 35.1 Å². The molecule has 0 aliphatic heterocycles. The molecule has 3 heterocycles. The van der Waals surface area contributed by atoms with Crippen LogP contribution in [0, 0.1) is 0 Å². The van der Waals surface area contributed by atoms with Crippen LogP contribution in [0.15, 0.2) is 64.8 Å². The van der Waals surface area contributed by atoms with Gasteiger partial charge in [0.1, 0.15) is 22.8 Å². The standard InChI is InChI=1S/C21H20N6O3S/c1-30-15-8-6-14(7-9-15)27-18(24-25-21(27)31-2)10-11-22-19(28)16-13-23-17-5-3-4-12-26(17)20(16)29/h3-9,12-13H,10-11H2,1-2H3,(H,22,28). The highest BCUT2D eigenvalue weighted by Gasteiger charge is 2.16. The van der Waals surface area contributed by atoms with Crippen LogP contribution in [0.3, 0.4) is 0 Å². The molecule has 0 radical (unpaired) electrons. The minimum atomic E-state index is -0.476. The van der Waals surface area contributed by atoms with Gasteiger partial charge in [-0.1, -0.05) is 17.8 Å². The fourth-order valence-electron chi connectivity index (χ4n) is 3.15. The molecule has 0 spiro atoms. The highest BCUT2D eigenvalue weighted by molar-refractivity contribution is 7.98. The Morgan fingerprint density at radius 2 is 1.97 bits per heavy atom. The van der Waals surface area contributed by atoms with Gasteiger partial charge in [-0.2, -0.15) is 0 Å². The Labute approximate surface area is 182 Å². The first kappa shape index (κ1) is 20.6. The molecule has 0 aliphatic carbocycles. The number of aromatic nitrogens is 5. The average molecular weight is 436 g/mol. The molecule has 0 fully saturated rings. The molecule has 1 aromatic carbocycles. The minimum absolute atomic E-state index is 0.00914. The highest BCUT2D eigenvalue weighted by atomic mass is 32.2. The highest BCUT2D eigenvalue weighted by Crippen LogP contribution is 2.22. The normalized spacial score (nSPS) is 10.9. The smallest absolute Gasteiger partial charge is 0.270 e. The van der Waals surface area contributed by atoms with Gasteiger partial charge in [0.25, 0.3) is 11.5 Å². The molecule has 10 heteroatoms. The third-order valence-electron chi connectivity index (χ3n) is 4.71. The van der Waals surface area contributed by atoms with Crippen molar-refractivity contribution >= 4 is 23.3 Å². The van der Waals surface area contributed by atoms with E-state index in [0.717, 1.165) is 16.6 Å². The lowest BCUT2D eigenvalue weighted by Crippen LogP contribution is -2.33. The van der Waals surface area contributed by atoms with E-state index in [0.29, 0.717) is 24.4 Å². The number of nitrogens with zero attached hydrogens (tertiary/aromatic N) is 5. The van der Waals surface area contributed by atoms with Crippen LogP contribution in [-0.4, -0.2) is 50.0 Å². The number of fused-ring (bicyclic) bond motifs is 1. The third kappa shape index (κ3) is 4.15. The Morgan fingerprint density at radius 3 is 2.71 bits per heavy atom. The molecule has 4 rings (SSSR count). The molecule has 0 saturated carbocycles. The Kier molecular flexibility index (Phi) is 5.99. The maximum Gasteiger partial charge on any atom is 0.270 e. The van der Waals surface area contributed by atoms with Crippen molar-refractivity contribution in [1.82, 2.24) is 29.5 Å². The van der Waals surface area contributed by atoms with Gasteiger partial charge in [0.2, 0.25) is 0 Å². The van der Waals surface area contributed by atoms with E-state index in [1.54, 1.807) is 31.5 Å². The maximum absolute atomic E-state index is 12.6. The second kappa shape index (κ2) is 9.00. The number of methoxy groups -OCH3 is 1. The van der Waals surface area contributed by atoms with Gasteiger partial charge in [-0.15, -0.1) is 10.2 Å². The molecule has 31 heavy (non-hydrogen) atoms. The predicted molar refractivity (Wildman–Crippen MR) is 117 cm³/mol. The van der Waals surface area contributed by atoms with E-state index < -0.39 is 11.5 Å². The molecular weight excluding hydrogens is 416 g/mol. The molecule has 0 unspecified atom stereocenters. The number of carbonyl (C=O) groups is 1. The molecule has 0 bridgehead atoms. The van der Waals surface area contributed by atoms with E-state index >= 15 is 0 Å². The van der Waals surface area contributed by atoms with E-state index in [2.05, 4.69) is 20.5 Å². The molecule has 158 valence electrons. The van der Waals surface area contributed by atoms with Crippen LogP contribution < -0.4 is 15.6 Å². The Morgan fingerprint density at radius 1 is 1.16 bits per heavy atom. The first-order valence-electron chi connectivity index (χ1n) is 9.49. The molecule has 4 aromatic rings. The fourth-order valence-corrected chi connectivity index (χ4v) is 3.67. The summed E-state index contributed by atoms with van der Waals surface area (Å²) in [7, 11) is 1.62. The van der Waals surface area contributed by atoms with Gasteiger partial charge in [-0.25, -0.2) is 4.98 Å². The lowest BCUT2D eigenvalue weighted by molar-refractivity contribution is 0.0952. The summed E-state index contributed by atoms with van der Waals surface area (Å²) >= 11 is 1.48. The van der Waals surface area contributed by atoms with Crippen LogP contribution in [0.4, 0.5) is 0 Å². The molecular formula is C21H20N6O3S. The monoisotopic (exact) mass is 436 g/mol. The van der Waals surface area contributed by atoms with Crippen LogP contribution in [0.25, 0.3) is 11.3 Å². The summed E-state index contributed by atoms with van der Waals surface area (Å²) in [5.74, 6) is 0.978. The quantitative estimate of drug-likeness (QED) is 0.442. The van der Waals surface area contributed by atoms with Gasteiger partial charge >= 0.3 is 0 Å². The summed E-state index contributed by atoms with van der Waals surface area (Å²) in [6, 6.07) is 12.8. The van der Waals surface area contributed by atoms with Crippen molar-refractivity contribution in [3.63, 3.8) is 0 Å². The summed E-state index contributed by atoms with van der Waals surface area (Å²) in [4.78, 5) is 29.3. The van der Waals surface area contributed by atoms with Crippen molar-refractivity contribution in [3.05, 3.63) is 76.6 Å². The second-order valence-corrected chi connectivity index (χ2v) is 7.32. The maximum atomic E-state index is 12.6. The van der Waals surface area contributed by atoms with Crippen LogP contribution >= 0.6 is 11.8 Å². The zero-order valence-corrected chi connectivity index (χ0v) is 17.8. The number of hydrogen-bond acceptors (Lipinski definition) is 7. The van der Waals surface area contributed by atoms with Crippen molar-refractivity contribution in [2.45, 2.75) is 11.6 Å². The van der Waals surface area contributed by atoms with Gasteiger partial charge in [-0.3, -0.25) is 18.6 Å². The topological polar surface area (TPSA) is 103 Å². The fraction of sp³-hybridized carbons (Fsp3) is 0.190. The van der Waals surface area contributed by atoms with Gasteiger partial charge in [-0.05, 0) is 42.7 Å². The summed E-state index contributed by atoms with van der Waals surface area (Å²) in [6.45, 7) is 0.290. The lowest BCUT2D eigenvalue weighted by Gasteiger charge is -2.11. The number of pyridine rings is 1. The zero-order chi connectivity index (χ0) is 21.8. The summed E-state index contributed by atoms with van der Waals surface area (Å²) in [6.07, 6.45) is 5.25. The van der Waals surface area contributed by atoms with Gasteiger partial charge < -0.3 is 10.1 Å². The Bertz CT molecular complexity index is 1280. The molecule has 1 N–H and O–H groups in total. The molecule has 0 saturated heterocycles. The Hall–Kier alpha value is -3.66. The summed E-state index contributed by atoms with van der Waals surface area (Å²) in [5.41, 5.74) is 0.967. The minimum Gasteiger partial charge on any atom is -0.497 e. The van der Waals surface area contributed by atoms with Crippen LogP contribution in [0.2, 0.25) is 0 Å². The predicted octanol–water partition coefficient (Wildman–Crippen LogP) is 1.98. The molecule has 0 atom stereocenters. The number of benzene rings is 1. The molecule has 1 amide bonds. The molecule has 3 aromatic heterocycles. The van der Waals surface area contributed by atoms with Crippen molar-refractivity contribution in [1.29, 1.82) is 0 Å². The number of rotatable bonds is 7. The number of carbonyl (C=O) groups excluding carboxylic acids is 1. The van der Waals surface area contributed by atoms with E-state index in [-0.39, 0.29) is 5.56 Å². The van der Waals surface area contributed by atoms with Gasteiger partial charge in [0, 0.05) is 31.0 Å². The van der Waals surface area contributed by atoms with Crippen molar-refractivity contribution in [2.24, 2.45) is 0 Å². The summed E-state index contributed by atoms with van der Waals surface area (Å²) < 4.78 is 8.50. The zero-order valence-electron chi connectivity index (χ0n) is 17.0.